The van der Waals surface area contributed by atoms with Crippen LogP contribution in [-0.2, 0) is 15.7 Å². The quantitative estimate of drug-likeness (QED) is 0.516. The zero-order chi connectivity index (χ0) is 20.6. The molecular formula is C19H15F3N2O3S2. The molecule has 5 nitrogen and oxygen atoms in total. The Morgan fingerprint density at radius 1 is 1.14 bits per heavy atom. The van der Waals surface area contributed by atoms with E-state index in [2.05, 4.69) is 0 Å². The summed E-state index contributed by atoms with van der Waals surface area (Å²) in [5.74, 6) is 0.660. The van der Waals surface area contributed by atoms with Crippen molar-refractivity contribution in [2.75, 3.05) is 36.1 Å². The number of alkyl halides is 3. The van der Waals surface area contributed by atoms with Gasteiger partial charge in [0.2, 0.25) is 0 Å². The minimum Gasteiger partial charge on any atom is -0.441 e. The Kier molecular flexibility index (Phi) is 5.41. The van der Waals surface area contributed by atoms with E-state index in [9.17, 15) is 18.0 Å². The van der Waals surface area contributed by atoms with E-state index in [-0.39, 0.29) is 14.9 Å². The van der Waals surface area contributed by atoms with Crippen molar-refractivity contribution in [2.45, 2.75) is 6.18 Å². The maximum Gasteiger partial charge on any atom is 0.416 e. The van der Waals surface area contributed by atoms with Gasteiger partial charge in [-0.3, -0.25) is 9.69 Å². The first-order valence-electron chi connectivity index (χ1n) is 8.71. The van der Waals surface area contributed by atoms with Gasteiger partial charge in [0.05, 0.1) is 29.4 Å². The number of nitrogens with zero attached hydrogens (tertiary/aromatic N) is 2. The normalized spacial score (nSPS) is 19.5. The predicted molar refractivity (Wildman–Crippen MR) is 109 cm³/mol. The molecule has 10 heteroatoms. The van der Waals surface area contributed by atoms with Crippen LogP contribution in [0.3, 0.4) is 0 Å². The molecule has 0 saturated carbocycles. The fraction of sp³-hybridized carbons (Fsp3) is 0.263. The summed E-state index contributed by atoms with van der Waals surface area (Å²) >= 11 is 6.25. The molecule has 0 atom stereocenters. The number of benzene rings is 1. The molecule has 1 aromatic carbocycles. The number of carbonyl (C=O) groups is 1. The lowest BCUT2D eigenvalue weighted by molar-refractivity contribution is -0.137. The second-order valence-corrected chi connectivity index (χ2v) is 8.02. The molecule has 0 bridgehead atoms. The van der Waals surface area contributed by atoms with Crippen molar-refractivity contribution in [2.24, 2.45) is 0 Å². The summed E-state index contributed by atoms with van der Waals surface area (Å²) in [6, 6.07) is 8.09. The summed E-state index contributed by atoms with van der Waals surface area (Å²) in [4.78, 5) is 16.2. The van der Waals surface area contributed by atoms with E-state index < -0.39 is 17.6 Å². The third-order valence-electron chi connectivity index (χ3n) is 4.43. The van der Waals surface area contributed by atoms with Gasteiger partial charge in [-0.25, -0.2) is 0 Å². The molecule has 29 heavy (non-hydrogen) atoms. The maximum absolute atomic E-state index is 13.0. The second kappa shape index (κ2) is 7.85. The van der Waals surface area contributed by atoms with Crippen molar-refractivity contribution < 1.29 is 27.1 Å². The van der Waals surface area contributed by atoms with E-state index in [0.29, 0.717) is 37.9 Å². The van der Waals surface area contributed by atoms with Gasteiger partial charge in [-0.05, 0) is 24.3 Å². The highest BCUT2D eigenvalue weighted by Crippen LogP contribution is 2.38. The van der Waals surface area contributed by atoms with Crippen LogP contribution in [0.15, 0.2) is 45.7 Å². The first kappa shape index (κ1) is 20.0. The maximum atomic E-state index is 13.0. The average molecular weight is 440 g/mol. The third-order valence-corrected chi connectivity index (χ3v) is 5.74. The topological polar surface area (TPSA) is 45.9 Å². The van der Waals surface area contributed by atoms with Crippen LogP contribution in [0, 0.1) is 0 Å². The van der Waals surface area contributed by atoms with Crippen LogP contribution in [-0.4, -0.2) is 36.5 Å². The van der Waals surface area contributed by atoms with E-state index in [4.69, 9.17) is 21.4 Å². The number of hydrogen-bond donors (Lipinski definition) is 0. The monoisotopic (exact) mass is 440 g/mol. The first-order valence-corrected chi connectivity index (χ1v) is 9.93. The fourth-order valence-electron chi connectivity index (χ4n) is 3.01. The van der Waals surface area contributed by atoms with E-state index in [1.165, 1.54) is 12.1 Å². The lowest BCUT2D eigenvalue weighted by atomic mass is 10.2. The molecular weight excluding hydrogens is 425 g/mol. The number of furan rings is 1. The molecule has 2 aliphatic rings. The fourth-order valence-corrected chi connectivity index (χ4v) is 4.29. The van der Waals surface area contributed by atoms with Crippen LogP contribution < -0.4 is 9.80 Å². The Morgan fingerprint density at radius 3 is 2.62 bits per heavy atom. The molecule has 3 heterocycles. The zero-order valence-electron chi connectivity index (χ0n) is 14.9. The van der Waals surface area contributed by atoms with Gasteiger partial charge in [0, 0.05) is 25.2 Å². The molecule has 0 radical (unpaired) electrons. The summed E-state index contributed by atoms with van der Waals surface area (Å²) in [6.45, 7) is 2.66. The van der Waals surface area contributed by atoms with E-state index >= 15 is 0 Å². The minimum atomic E-state index is -4.50. The number of thioether (sulfide) groups is 1. The molecule has 2 aliphatic heterocycles. The van der Waals surface area contributed by atoms with E-state index in [1.54, 1.807) is 12.1 Å². The van der Waals surface area contributed by atoms with Gasteiger partial charge in [0.1, 0.15) is 5.76 Å². The van der Waals surface area contributed by atoms with Crippen LogP contribution in [0.5, 0.6) is 0 Å². The van der Waals surface area contributed by atoms with Crippen molar-refractivity contribution in [1.82, 2.24) is 0 Å². The molecule has 2 fully saturated rings. The van der Waals surface area contributed by atoms with Crippen molar-refractivity contribution >= 4 is 51.9 Å². The molecule has 0 spiro atoms. The van der Waals surface area contributed by atoms with Crippen molar-refractivity contribution in [3.8, 4) is 0 Å². The predicted octanol–water partition coefficient (Wildman–Crippen LogP) is 4.54. The summed E-state index contributed by atoms with van der Waals surface area (Å²) in [5, 5.41) is 0. The molecule has 2 aromatic rings. The van der Waals surface area contributed by atoms with Gasteiger partial charge in [-0.1, -0.05) is 30.0 Å². The van der Waals surface area contributed by atoms with Gasteiger partial charge in [-0.15, -0.1) is 0 Å². The van der Waals surface area contributed by atoms with E-state index in [1.807, 2.05) is 11.0 Å². The Balaban J connectivity index is 1.56. The van der Waals surface area contributed by atoms with Crippen LogP contribution in [0.1, 0.15) is 11.3 Å². The Labute approximate surface area is 174 Å². The Bertz CT molecular complexity index is 981. The standard InChI is InChI=1S/C19H15F3N2O3S2/c20-19(21,22)12-2-1-3-13(10-12)24-17(25)15(29-18(24)28)11-14-4-5-16(27-14)23-6-8-26-9-7-23/h1-5,10-11H,6-9H2/b15-11+. The van der Waals surface area contributed by atoms with Crippen molar-refractivity contribution in [3.05, 3.63) is 52.6 Å². The Hall–Kier alpha value is -2.30. The SMILES string of the molecule is O=C1/C(=C\c2ccc(N3CCOCC3)o2)SC(=S)N1c1cccc(C(F)(F)F)c1. The van der Waals surface area contributed by atoms with E-state index in [0.717, 1.165) is 28.8 Å². The molecule has 0 N–H and O–H groups in total. The lowest BCUT2D eigenvalue weighted by Gasteiger charge is -2.26. The molecule has 4 rings (SSSR count). The molecule has 152 valence electrons. The number of morpholine rings is 1. The van der Waals surface area contributed by atoms with Gasteiger partial charge in [0.25, 0.3) is 5.91 Å². The van der Waals surface area contributed by atoms with Crippen molar-refractivity contribution in [3.63, 3.8) is 0 Å². The largest absolute Gasteiger partial charge is 0.441 e. The summed E-state index contributed by atoms with van der Waals surface area (Å²) in [6.07, 6.45) is -2.95. The van der Waals surface area contributed by atoms with Gasteiger partial charge >= 0.3 is 6.18 Å². The number of thiocarbonyl (C=S) groups is 1. The summed E-state index contributed by atoms with van der Waals surface area (Å²) < 4.78 is 50.2. The summed E-state index contributed by atoms with van der Waals surface area (Å²) in [7, 11) is 0. The van der Waals surface area contributed by atoms with Crippen molar-refractivity contribution in [1.29, 1.82) is 0 Å². The molecule has 0 aliphatic carbocycles. The number of anilines is 2. The highest BCUT2D eigenvalue weighted by molar-refractivity contribution is 8.27. The van der Waals surface area contributed by atoms with Gasteiger partial charge < -0.3 is 14.1 Å². The summed E-state index contributed by atoms with van der Waals surface area (Å²) in [5.41, 5.74) is -0.756. The molecule has 1 amide bonds. The average Bonchev–Trinajstić information content (AvgIpc) is 3.27. The number of rotatable bonds is 3. The number of carbonyl (C=O) groups excluding carboxylic acids is 1. The zero-order valence-corrected chi connectivity index (χ0v) is 16.6. The van der Waals surface area contributed by atoms with Gasteiger partial charge in [0.15, 0.2) is 10.2 Å². The third kappa shape index (κ3) is 4.19. The number of halogens is 3. The number of hydrogen-bond acceptors (Lipinski definition) is 6. The molecule has 0 unspecified atom stereocenters. The number of ether oxygens (including phenoxy) is 1. The molecule has 2 saturated heterocycles. The number of amides is 1. The molecule has 1 aromatic heterocycles. The Morgan fingerprint density at radius 2 is 1.90 bits per heavy atom. The first-order chi connectivity index (χ1) is 13.8. The second-order valence-electron chi connectivity index (χ2n) is 6.34. The highest BCUT2D eigenvalue weighted by atomic mass is 32.2. The smallest absolute Gasteiger partial charge is 0.416 e. The minimum absolute atomic E-state index is 0.0826. The van der Waals surface area contributed by atoms with Crippen LogP contribution >= 0.6 is 24.0 Å². The highest BCUT2D eigenvalue weighted by Gasteiger charge is 2.36. The lowest BCUT2D eigenvalue weighted by Crippen LogP contribution is -2.35. The van der Waals surface area contributed by atoms with Gasteiger partial charge in [-0.2, -0.15) is 13.2 Å². The van der Waals surface area contributed by atoms with Crippen LogP contribution in [0.4, 0.5) is 24.7 Å². The van der Waals surface area contributed by atoms with Crippen LogP contribution in [0.2, 0.25) is 0 Å². The van der Waals surface area contributed by atoms with Crippen LogP contribution in [0.25, 0.3) is 6.08 Å².